The highest BCUT2D eigenvalue weighted by Crippen LogP contribution is 2.22. The van der Waals surface area contributed by atoms with Crippen molar-refractivity contribution in [2.45, 2.75) is 115 Å². The molecule has 210 valence electrons. The maximum atomic E-state index is 11.5. The summed E-state index contributed by atoms with van der Waals surface area (Å²) in [6, 6.07) is 3.95. The van der Waals surface area contributed by atoms with E-state index in [0.717, 1.165) is 24.1 Å². The maximum Gasteiger partial charge on any atom is 0.294 e. The molecule has 11 heteroatoms. The van der Waals surface area contributed by atoms with Crippen molar-refractivity contribution in [3.63, 3.8) is 0 Å². The van der Waals surface area contributed by atoms with Crippen molar-refractivity contribution in [3.8, 4) is 0 Å². The number of benzene rings is 1. The normalized spacial score (nSPS) is 12.4. The van der Waals surface area contributed by atoms with Crippen LogP contribution in [0.3, 0.4) is 0 Å². The van der Waals surface area contributed by atoms with Crippen LogP contribution in [0.5, 0.6) is 0 Å². The predicted octanol–water partition coefficient (Wildman–Crippen LogP) is 6.56. The third-order valence-electron chi connectivity index (χ3n) is 6.58. The average molecular weight is 575 g/mol. The number of nitrogens with zero attached hydrogens (tertiary/aromatic N) is 2. The van der Waals surface area contributed by atoms with E-state index in [4.69, 9.17) is 12.2 Å². The van der Waals surface area contributed by atoms with Crippen LogP contribution in [0, 0.1) is 0 Å². The van der Waals surface area contributed by atoms with Gasteiger partial charge in [-0.15, -0.1) is 0 Å². The molecule has 0 aliphatic rings. The molecule has 8 nitrogen and oxygen atoms in total. The van der Waals surface area contributed by atoms with E-state index < -0.39 is 26.0 Å². The van der Waals surface area contributed by atoms with Crippen molar-refractivity contribution in [1.82, 2.24) is 9.55 Å². The van der Waals surface area contributed by atoms with Gasteiger partial charge in [0.2, 0.25) is 0 Å². The second-order valence-corrected chi connectivity index (χ2v) is 13.4. The van der Waals surface area contributed by atoms with Crippen LogP contribution >= 0.6 is 12.2 Å². The van der Waals surface area contributed by atoms with Crippen molar-refractivity contribution in [2.24, 2.45) is 0 Å². The largest absolute Gasteiger partial charge is 0.327 e. The van der Waals surface area contributed by atoms with E-state index in [-0.39, 0.29) is 11.4 Å². The predicted molar refractivity (Wildman–Crippen MR) is 153 cm³/mol. The summed E-state index contributed by atoms with van der Waals surface area (Å²) in [5.74, 6) is 0.00255. The van der Waals surface area contributed by atoms with Crippen LogP contribution in [0.2, 0.25) is 0 Å². The molecule has 0 unspecified atom stereocenters. The maximum absolute atomic E-state index is 11.5. The van der Waals surface area contributed by atoms with Gasteiger partial charge in [-0.1, -0.05) is 96.2 Å². The van der Waals surface area contributed by atoms with Crippen LogP contribution in [-0.2, 0) is 33.2 Å². The zero-order valence-corrected chi connectivity index (χ0v) is 24.3. The van der Waals surface area contributed by atoms with E-state index in [0.29, 0.717) is 23.3 Å². The SMILES string of the molecule is CCCCCCCCCCCCCCCC(=S)Cc1nc2cc(S(=O)(=O)O)ccc2n1CCS(=O)(=O)O. The second-order valence-electron chi connectivity index (χ2n) is 9.80. The van der Waals surface area contributed by atoms with Crippen molar-refractivity contribution in [2.75, 3.05) is 5.75 Å². The first kappa shape index (κ1) is 31.8. The van der Waals surface area contributed by atoms with Crippen molar-refractivity contribution >= 4 is 48.4 Å². The first-order valence-corrected chi connectivity index (χ1v) is 16.9. The average Bonchev–Trinajstić information content (AvgIpc) is 3.15. The highest BCUT2D eigenvalue weighted by Gasteiger charge is 2.18. The van der Waals surface area contributed by atoms with Gasteiger partial charge in [-0.3, -0.25) is 9.11 Å². The molecule has 2 aromatic rings. The number of aromatic nitrogens is 2. The quantitative estimate of drug-likeness (QED) is 0.103. The topological polar surface area (TPSA) is 127 Å². The molecule has 0 fully saturated rings. The molecule has 0 saturated heterocycles. The summed E-state index contributed by atoms with van der Waals surface area (Å²) >= 11 is 5.57. The number of hydrogen-bond acceptors (Lipinski definition) is 6. The molecule has 1 heterocycles. The molecule has 0 aliphatic heterocycles. The molecule has 0 radical (unpaired) electrons. The zero-order valence-electron chi connectivity index (χ0n) is 21.9. The van der Waals surface area contributed by atoms with Crippen LogP contribution in [-0.4, -0.2) is 46.1 Å². The Morgan fingerprint density at radius 1 is 0.865 bits per heavy atom. The van der Waals surface area contributed by atoms with Crippen LogP contribution < -0.4 is 0 Å². The van der Waals surface area contributed by atoms with Crippen LogP contribution in [0.1, 0.15) is 103 Å². The Morgan fingerprint density at radius 3 is 1.92 bits per heavy atom. The fourth-order valence-electron chi connectivity index (χ4n) is 4.52. The Hall–Kier alpha value is -1.40. The number of thiocarbonyl (C=S) groups is 1. The van der Waals surface area contributed by atoms with Crippen molar-refractivity contribution in [3.05, 3.63) is 24.0 Å². The third kappa shape index (κ3) is 12.3. The minimum atomic E-state index is -4.40. The van der Waals surface area contributed by atoms with Crippen LogP contribution in [0.4, 0.5) is 0 Å². The Kier molecular flexibility index (Phi) is 13.7. The fourth-order valence-corrected chi connectivity index (χ4v) is 5.70. The van der Waals surface area contributed by atoms with Crippen LogP contribution in [0.15, 0.2) is 23.1 Å². The number of fused-ring (bicyclic) bond motifs is 1. The van der Waals surface area contributed by atoms with E-state index >= 15 is 0 Å². The monoisotopic (exact) mass is 574 g/mol. The van der Waals surface area contributed by atoms with Gasteiger partial charge in [-0.2, -0.15) is 16.8 Å². The minimum Gasteiger partial charge on any atom is -0.327 e. The number of aryl methyl sites for hydroxylation is 1. The Bertz CT molecular complexity index is 1210. The van der Waals surface area contributed by atoms with Gasteiger partial charge in [0.1, 0.15) is 5.82 Å². The Labute approximate surface area is 227 Å². The van der Waals surface area contributed by atoms with E-state index in [1.807, 2.05) is 0 Å². The van der Waals surface area contributed by atoms with Gasteiger partial charge in [0.05, 0.1) is 21.7 Å². The highest BCUT2D eigenvalue weighted by atomic mass is 32.2. The van der Waals surface area contributed by atoms with Crippen molar-refractivity contribution < 1.29 is 25.9 Å². The number of rotatable bonds is 20. The minimum absolute atomic E-state index is 0.0444. The van der Waals surface area contributed by atoms with Gasteiger partial charge in [-0.25, -0.2) is 4.98 Å². The Balaban J connectivity index is 1.80. The zero-order chi connectivity index (χ0) is 27.3. The van der Waals surface area contributed by atoms with E-state index in [1.54, 1.807) is 4.57 Å². The fraction of sp³-hybridized carbons (Fsp3) is 0.692. The standard InChI is InChI=1S/C26H42N2O6S3/c1-2-3-4-5-6-7-8-9-10-11-12-13-14-15-22(35)20-26-27-24-21-23(37(32,33)34)16-17-25(24)28(26)18-19-36(29,30)31/h16-17,21H,2-15,18-20H2,1H3,(H,29,30,31)(H,32,33,34). The summed E-state index contributed by atoms with van der Waals surface area (Å²) in [6.45, 7) is 2.20. The molecule has 1 aromatic carbocycles. The lowest BCUT2D eigenvalue weighted by atomic mass is 10.0. The molecule has 1 aromatic heterocycles. The summed E-state index contributed by atoms with van der Waals surface area (Å²) in [5.41, 5.74) is 0.819. The summed E-state index contributed by atoms with van der Waals surface area (Å²) in [6.07, 6.45) is 17.6. The van der Waals surface area contributed by atoms with Gasteiger partial charge in [0.25, 0.3) is 20.2 Å². The molecule has 0 bridgehead atoms. The van der Waals surface area contributed by atoms with Gasteiger partial charge in [-0.05, 0) is 31.0 Å². The van der Waals surface area contributed by atoms with Crippen LogP contribution in [0.25, 0.3) is 11.0 Å². The molecule has 2 rings (SSSR count). The van der Waals surface area contributed by atoms with Gasteiger partial charge in [0.15, 0.2) is 0 Å². The summed E-state index contributed by atoms with van der Waals surface area (Å²) in [4.78, 5) is 4.97. The first-order chi connectivity index (χ1) is 17.5. The molecule has 37 heavy (non-hydrogen) atoms. The molecule has 0 aliphatic carbocycles. The number of imidazole rings is 1. The Morgan fingerprint density at radius 2 is 1.41 bits per heavy atom. The number of hydrogen-bond donors (Lipinski definition) is 2. The smallest absolute Gasteiger partial charge is 0.294 e. The summed E-state index contributed by atoms with van der Waals surface area (Å²) in [7, 11) is -8.60. The lowest BCUT2D eigenvalue weighted by molar-refractivity contribution is 0.477. The molecule has 0 spiro atoms. The summed E-state index contributed by atoms with van der Waals surface area (Å²) < 4.78 is 65.8. The lowest BCUT2D eigenvalue weighted by Crippen LogP contribution is -2.15. The lowest BCUT2D eigenvalue weighted by Gasteiger charge is -2.09. The summed E-state index contributed by atoms with van der Waals surface area (Å²) in [5, 5.41) is 0. The third-order valence-corrected chi connectivity index (χ3v) is 8.48. The second kappa shape index (κ2) is 15.9. The number of unbranched alkanes of at least 4 members (excludes halogenated alkanes) is 12. The molecule has 0 amide bonds. The van der Waals surface area contributed by atoms with Gasteiger partial charge < -0.3 is 4.57 Å². The van der Waals surface area contributed by atoms with Crippen molar-refractivity contribution in [1.29, 1.82) is 0 Å². The molecular weight excluding hydrogens is 532 g/mol. The van der Waals surface area contributed by atoms with E-state index in [2.05, 4.69) is 11.9 Å². The first-order valence-electron chi connectivity index (χ1n) is 13.4. The van der Waals surface area contributed by atoms with E-state index in [9.17, 15) is 25.9 Å². The molecule has 2 N–H and O–H groups in total. The molecule has 0 saturated carbocycles. The van der Waals surface area contributed by atoms with Gasteiger partial charge in [0, 0.05) is 17.8 Å². The molecular formula is C26H42N2O6S3. The molecule has 0 atom stereocenters. The van der Waals surface area contributed by atoms with Gasteiger partial charge >= 0.3 is 0 Å². The highest BCUT2D eigenvalue weighted by molar-refractivity contribution is 7.86. The van der Waals surface area contributed by atoms with E-state index in [1.165, 1.54) is 88.8 Å².